The molecule has 0 fully saturated rings. The fourth-order valence-electron chi connectivity index (χ4n) is 1.84. The van der Waals surface area contributed by atoms with Crippen LogP contribution in [0.4, 0.5) is 0 Å². The SMILES string of the molecule is CCCCS(=O)Cc1cc(C(C)N)ccc1OCC. The second-order valence-corrected chi connectivity index (χ2v) is 6.31. The Balaban J connectivity index is 2.87. The molecule has 2 atom stereocenters. The molecular formula is C15H25NO2S. The number of hydrogen-bond acceptors (Lipinski definition) is 3. The topological polar surface area (TPSA) is 52.3 Å². The van der Waals surface area contributed by atoms with Gasteiger partial charge in [-0.2, -0.15) is 0 Å². The fraction of sp³-hybridized carbons (Fsp3) is 0.600. The van der Waals surface area contributed by atoms with Crippen LogP contribution in [0.15, 0.2) is 18.2 Å². The van der Waals surface area contributed by atoms with E-state index in [-0.39, 0.29) is 6.04 Å². The van der Waals surface area contributed by atoms with Crippen LogP contribution in [0.1, 0.15) is 50.8 Å². The van der Waals surface area contributed by atoms with Crippen LogP contribution in [0.5, 0.6) is 5.75 Å². The van der Waals surface area contributed by atoms with E-state index >= 15 is 0 Å². The quantitative estimate of drug-likeness (QED) is 0.797. The third kappa shape index (κ3) is 5.33. The lowest BCUT2D eigenvalue weighted by Gasteiger charge is -2.13. The Morgan fingerprint density at radius 2 is 2.11 bits per heavy atom. The molecule has 2 N–H and O–H groups in total. The van der Waals surface area contributed by atoms with Gasteiger partial charge in [0, 0.05) is 28.2 Å². The Hall–Kier alpha value is -0.870. The van der Waals surface area contributed by atoms with E-state index in [0.717, 1.165) is 35.5 Å². The van der Waals surface area contributed by atoms with Crippen LogP contribution in [0.3, 0.4) is 0 Å². The van der Waals surface area contributed by atoms with Gasteiger partial charge >= 0.3 is 0 Å². The van der Waals surface area contributed by atoms with E-state index in [1.807, 2.05) is 32.0 Å². The van der Waals surface area contributed by atoms with E-state index in [9.17, 15) is 4.21 Å². The second kappa shape index (κ2) is 8.33. The van der Waals surface area contributed by atoms with Crippen molar-refractivity contribution in [3.8, 4) is 5.75 Å². The minimum Gasteiger partial charge on any atom is -0.494 e. The van der Waals surface area contributed by atoms with Crippen molar-refractivity contribution in [1.82, 2.24) is 0 Å². The summed E-state index contributed by atoms with van der Waals surface area (Å²) in [5.74, 6) is 2.14. The summed E-state index contributed by atoms with van der Waals surface area (Å²) >= 11 is 0. The summed E-state index contributed by atoms with van der Waals surface area (Å²) in [4.78, 5) is 0. The van der Waals surface area contributed by atoms with Crippen LogP contribution in [-0.4, -0.2) is 16.6 Å². The van der Waals surface area contributed by atoms with Gasteiger partial charge in [-0.05, 0) is 38.0 Å². The molecule has 0 heterocycles. The highest BCUT2D eigenvalue weighted by Crippen LogP contribution is 2.24. The third-order valence-electron chi connectivity index (χ3n) is 2.95. The maximum absolute atomic E-state index is 12.0. The predicted molar refractivity (Wildman–Crippen MR) is 81.8 cm³/mol. The van der Waals surface area contributed by atoms with Crippen molar-refractivity contribution >= 4 is 10.8 Å². The van der Waals surface area contributed by atoms with Crippen LogP contribution in [0.2, 0.25) is 0 Å². The zero-order valence-corrected chi connectivity index (χ0v) is 13.0. The van der Waals surface area contributed by atoms with E-state index in [2.05, 4.69) is 6.92 Å². The highest BCUT2D eigenvalue weighted by molar-refractivity contribution is 7.84. The molecule has 2 unspecified atom stereocenters. The van der Waals surface area contributed by atoms with E-state index in [0.29, 0.717) is 12.4 Å². The van der Waals surface area contributed by atoms with Gasteiger partial charge in [0.15, 0.2) is 0 Å². The Bertz CT molecular complexity index is 419. The number of rotatable bonds is 8. The van der Waals surface area contributed by atoms with Gasteiger partial charge in [0.25, 0.3) is 0 Å². The maximum Gasteiger partial charge on any atom is 0.123 e. The first kappa shape index (κ1) is 16.2. The van der Waals surface area contributed by atoms with E-state index in [1.165, 1.54) is 0 Å². The van der Waals surface area contributed by atoms with Crippen molar-refractivity contribution in [3.63, 3.8) is 0 Å². The number of nitrogens with two attached hydrogens (primary N) is 1. The molecule has 0 radical (unpaired) electrons. The smallest absolute Gasteiger partial charge is 0.123 e. The zero-order valence-electron chi connectivity index (χ0n) is 12.1. The van der Waals surface area contributed by atoms with E-state index < -0.39 is 10.8 Å². The lowest BCUT2D eigenvalue weighted by molar-refractivity contribution is 0.337. The highest BCUT2D eigenvalue weighted by Gasteiger charge is 2.10. The first-order valence-corrected chi connectivity index (χ1v) is 8.43. The van der Waals surface area contributed by atoms with Gasteiger partial charge in [-0.3, -0.25) is 4.21 Å². The summed E-state index contributed by atoms with van der Waals surface area (Å²) < 4.78 is 17.6. The number of benzene rings is 1. The Morgan fingerprint density at radius 1 is 1.37 bits per heavy atom. The molecule has 0 aliphatic heterocycles. The maximum atomic E-state index is 12.0. The third-order valence-corrected chi connectivity index (χ3v) is 4.33. The van der Waals surface area contributed by atoms with Gasteiger partial charge in [0.05, 0.1) is 12.4 Å². The molecule has 3 nitrogen and oxygen atoms in total. The summed E-state index contributed by atoms with van der Waals surface area (Å²) in [6.07, 6.45) is 2.08. The molecule has 1 rings (SSSR count). The van der Waals surface area contributed by atoms with Crippen LogP contribution in [0, 0.1) is 0 Å². The standard InChI is InChI=1S/C15H25NO2S/c1-4-6-9-19(17)11-14-10-13(12(3)16)7-8-15(14)18-5-2/h7-8,10,12H,4-6,9,11,16H2,1-3H3. The van der Waals surface area contributed by atoms with Gasteiger partial charge in [0.2, 0.25) is 0 Å². The lowest BCUT2D eigenvalue weighted by Crippen LogP contribution is -2.08. The molecule has 4 heteroatoms. The average Bonchev–Trinajstić information content (AvgIpc) is 2.38. The van der Waals surface area contributed by atoms with Crippen molar-refractivity contribution in [2.75, 3.05) is 12.4 Å². The molecule has 0 aliphatic carbocycles. The van der Waals surface area contributed by atoms with Crippen molar-refractivity contribution in [3.05, 3.63) is 29.3 Å². The first-order valence-electron chi connectivity index (χ1n) is 6.94. The van der Waals surface area contributed by atoms with Crippen molar-refractivity contribution in [2.45, 2.75) is 45.4 Å². The van der Waals surface area contributed by atoms with Crippen molar-refractivity contribution < 1.29 is 8.95 Å². The van der Waals surface area contributed by atoms with Gasteiger partial charge in [0.1, 0.15) is 5.75 Å². The molecule has 0 aromatic heterocycles. The van der Waals surface area contributed by atoms with Gasteiger partial charge in [-0.15, -0.1) is 0 Å². The van der Waals surface area contributed by atoms with E-state index in [4.69, 9.17) is 10.5 Å². The highest BCUT2D eigenvalue weighted by atomic mass is 32.2. The Labute approximate surface area is 119 Å². The van der Waals surface area contributed by atoms with Gasteiger partial charge in [-0.25, -0.2) is 0 Å². The molecule has 0 amide bonds. The summed E-state index contributed by atoms with van der Waals surface area (Å²) in [5.41, 5.74) is 7.97. The number of unbranched alkanes of at least 4 members (excludes halogenated alkanes) is 1. The molecule has 0 spiro atoms. The van der Waals surface area contributed by atoms with E-state index in [1.54, 1.807) is 0 Å². The largest absolute Gasteiger partial charge is 0.494 e. The minimum absolute atomic E-state index is 0.0153. The number of ether oxygens (including phenoxy) is 1. The van der Waals surface area contributed by atoms with Crippen LogP contribution >= 0.6 is 0 Å². The van der Waals surface area contributed by atoms with Gasteiger partial charge in [-0.1, -0.05) is 19.4 Å². The molecule has 0 aliphatic rings. The summed E-state index contributed by atoms with van der Waals surface area (Å²) in [6.45, 7) is 6.64. The van der Waals surface area contributed by atoms with Crippen molar-refractivity contribution in [1.29, 1.82) is 0 Å². The Morgan fingerprint density at radius 3 is 2.68 bits per heavy atom. The zero-order chi connectivity index (χ0) is 14.3. The number of hydrogen-bond donors (Lipinski definition) is 1. The van der Waals surface area contributed by atoms with Crippen LogP contribution < -0.4 is 10.5 Å². The molecule has 0 saturated carbocycles. The van der Waals surface area contributed by atoms with Crippen molar-refractivity contribution in [2.24, 2.45) is 5.73 Å². The molecule has 1 aromatic rings. The summed E-state index contributed by atoms with van der Waals surface area (Å²) in [5, 5.41) is 0. The van der Waals surface area contributed by atoms with Gasteiger partial charge < -0.3 is 10.5 Å². The first-order chi connectivity index (χ1) is 9.08. The minimum atomic E-state index is -0.827. The fourth-order valence-corrected chi connectivity index (χ4v) is 3.17. The molecule has 0 bridgehead atoms. The lowest BCUT2D eigenvalue weighted by atomic mass is 10.1. The summed E-state index contributed by atoms with van der Waals surface area (Å²) in [6, 6.07) is 5.93. The van der Waals surface area contributed by atoms with Crippen LogP contribution in [0.25, 0.3) is 0 Å². The average molecular weight is 283 g/mol. The molecule has 108 valence electrons. The molecule has 19 heavy (non-hydrogen) atoms. The molecule has 0 saturated heterocycles. The normalized spacial score (nSPS) is 14.1. The second-order valence-electron chi connectivity index (χ2n) is 4.73. The monoisotopic (exact) mass is 283 g/mol. The van der Waals surface area contributed by atoms with Crippen LogP contribution in [-0.2, 0) is 16.6 Å². The molecule has 1 aromatic carbocycles. The Kier molecular flexibility index (Phi) is 7.10. The summed E-state index contributed by atoms with van der Waals surface area (Å²) in [7, 11) is -0.827. The predicted octanol–water partition coefficient (Wildman–Crippen LogP) is 3.15. The molecular weight excluding hydrogens is 258 g/mol.